The minimum atomic E-state index is -0.378. The number of nitrogens with zero attached hydrogens (tertiary/aromatic N) is 5. The van der Waals surface area contributed by atoms with Gasteiger partial charge in [-0.15, -0.1) is 0 Å². The molecule has 3 aromatic heterocycles. The SMILES string of the molecule is C[C@@H](CO)NC(=O)c1cc(/C=C/c2ccccn2)nc(-c2cnn(C)c2)n1. The first-order valence-electron chi connectivity index (χ1n) is 8.44. The van der Waals surface area contributed by atoms with E-state index in [1.165, 1.54) is 0 Å². The third kappa shape index (κ3) is 4.83. The average molecular weight is 364 g/mol. The Labute approximate surface area is 156 Å². The van der Waals surface area contributed by atoms with Crippen molar-refractivity contribution in [2.45, 2.75) is 13.0 Å². The van der Waals surface area contributed by atoms with Crippen molar-refractivity contribution in [3.63, 3.8) is 0 Å². The normalized spacial score (nSPS) is 12.3. The molecular weight excluding hydrogens is 344 g/mol. The van der Waals surface area contributed by atoms with Gasteiger partial charge in [-0.05, 0) is 37.3 Å². The Balaban J connectivity index is 1.97. The van der Waals surface area contributed by atoms with Gasteiger partial charge in [-0.25, -0.2) is 9.97 Å². The Bertz CT molecular complexity index is 952. The zero-order valence-corrected chi connectivity index (χ0v) is 15.1. The number of amides is 1. The van der Waals surface area contributed by atoms with E-state index in [2.05, 4.69) is 25.4 Å². The minimum absolute atomic E-state index is 0.154. The number of aliphatic hydroxyl groups is 1. The lowest BCUT2D eigenvalue weighted by Crippen LogP contribution is -2.35. The summed E-state index contributed by atoms with van der Waals surface area (Å²) in [6.45, 7) is 1.56. The van der Waals surface area contributed by atoms with Crippen LogP contribution in [0.5, 0.6) is 0 Å². The molecule has 3 heterocycles. The van der Waals surface area contributed by atoms with E-state index in [0.29, 0.717) is 17.1 Å². The summed E-state index contributed by atoms with van der Waals surface area (Å²) in [5.41, 5.74) is 2.26. The van der Waals surface area contributed by atoms with E-state index in [1.807, 2.05) is 24.3 Å². The fourth-order valence-corrected chi connectivity index (χ4v) is 2.32. The van der Waals surface area contributed by atoms with Crippen LogP contribution >= 0.6 is 0 Å². The molecule has 0 spiro atoms. The molecule has 0 bridgehead atoms. The Morgan fingerprint density at radius 2 is 2.11 bits per heavy atom. The molecule has 0 saturated heterocycles. The summed E-state index contributed by atoms with van der Waals surface area (Å²) in [5, 5.41) is 16.0. The number of pyridine rings is 1. The van der Waals surface area contributed by atoms with Gasteiger partial charge in [0.15, 0.2) is 5.82 Å². The first-order valence-corrected chi connectivity index (χ1v) is 8.44. The van der Waals surface area contributed by atoms with E-state index in [1.54, 1.807) is 49.4 Å². The molecule has 1 amide bonds. The average Bonchev–Trinajstić information content (AvgIpc) is 3.13. The van der Waals surface area contributed by atoms with Crippen LogP contribution < -0.4 is 5.32 Å². The minimum Gasteiger partial charge on any atom is -0.394 e. The molecule has 8 nitrogen and oxygen atoms in total. The summed E-state index contributed by atoms with van der Waals surface area (Å²) in [7, 11) is 1.80. The third-order valence-corrected chi connectivity index (χ3v) is 3.71. The molecule has 0 aromatic carbocycles. The quantitative estimate of drug-likeness (QED) is 0.687. The molecule has 0 aliphatic heterocycles. The van der Waals surface area contributed by atoms with Gasteiger partial charge in [0.05, 0.1) is 29.8 Å². The van der Waals surface area contributed by atoms with Crippen LogP contribution in [0, 0.1) is 0 Å². The van der Waals surface area contributed by atoms with Gasteiger partial charge < -0.3 is 10.4 Å². The van der Waals surface area contributed by atoms with E-state index in [0.717, 1.165) is 5.69 Å². The van der Waals surface area contributed by atoms with Crippen molar-refractivity contribution in [2.75, 3.05) is 6.61 Å². The van der Waals surface area contributed by atoms with Crippen LogP contribution in [-0.2, 0) is 7.05 Å². The van der Waals surface area contributed by atoms with Crippen LogP contribution in [0.1, 0.15) is 28.8 Å². The zero-order chi connectivity index (χ0) is 19.2. The Morgan fingerprint density at radius 3 is 2.78 bits per heavy atom. The van der Waals surface area contributed by atoms with Gasteiger partial charge in [0, 0.05) is 25.5 Å². The van der Waals surface area contributed by atoms with Crippen LogP contribution in [0.2, 0.25) is 0 Å². The molecule has 0 saturated carbocycles. The van der Waals surface area contributed by atoms with Crippen molar-refractivity contribution in [1.29, 1.82) is 0 Å². The summed E-state index contributed by atoms with van der Waals surface area (Å²) < 4.78 is 1.64. The van der Waals surface area contributed by atoms with E-state index in [-0.39, 0.29) is 24.2 Å². The van der Waals surface area contributed by atoms with E-state index >= 15 is 0 Å². The van der Waals surface area contributed by atoms with Crippen molar-refractivity contribution < 1.29 is 9.90 Å². The number of aromatic nitrogens is 5. The molecule has 0 radical (unpaired) electrons. The predicted octanol–water partition coefficient (Wildman–Crippen LogP) is 1.55. The molecule has 1 atom stereocenters. The second-order valence-electron chi connectivity index (χ2n) is 6.05. The highest BCUT2D eigenvalue weighted by atomic mass is 16.3. The summed E-state index contributed by atoms with van der Waals surface area (Å²) in [5.74, 6) is 0.0182. The van der Waals surface area contributed by atoms with E-state index < -0.39 is 0 Å². The summed E-state index contributed by atoms with van der Waals surface area (Å²) in [6, 6.07) is 6.83. The molecule has 0 aliphatic rings. The van der Waals surface area contributed by atoms with Crippen LogP contribution in [-0.4, -0.2) is 48.4 Å². The van der Waals surface area contributed by atoms with Gasteiger partial charge in [-0.2, -0.15) is 5.10 Å². The van der Waals surface area contributed by atoms with Crippen molar-refractivity contribution in [1.82, 2.24) is 30.0 Å². The molecule has 3 aromatic rings. The molecule has 2 N–H and O–H groups in total. The zero-order valence-electron chi connectivity index (χ0n) is 15.1. The van der Waals surface area contributed by atoms with Gasteiger partial charge >= 0.3 is 0 Å². The second-order valence-corrected chi connectivity index (χ2v) is 6.05. The van der Waals surface area contributed by atoms with Crippen molar-refractivity contribution in [3.8, 4) is 11.4 Å². The lowest BCUT2D eigenvalue weighted by molar-refractivity contribution is 0.0917. The predicted molar refractivity (Wildman–Crippen MR) is 101 cm³/mol. The second kappa shape index (κ2) is 8.33. The van der Waals surface area contributed by atoms with Gasteiger partial charge in [-0.1, -0.05) is 6.07 Å². The number of aryl methyl sites for hydroxylation is 1. The number of rotatable bonds is 6. The van der Waals surface area contributed by atoms with E-state index in [4.69, 9.17) is 5.11 Å². The highest BCUT2D eigenvalue weighted by Crippen LogP contribution is 2.16. The molecule has 0 unspecified atom stereocenters. The summed E-state index contributed by atoms with van der Waals surface area (Å²) >= 11 is 0. The first-order chi connectivity index (χ1) is 13.0. The number of hydrogen-bond donors (Lipinski definition) is 2. The third-order valence-electron chi connectivity index (χ3n) is 3.71. The fourth-order valence-electron chi connectivity index (χ4n) is 2.32. The topological polar surface area (TPSA) is 106 Å². The van der Waals surface area contributed by atoms with Crippen LogP contribution in [0.3, 0.4) is 0 Å². The molecule has 138 valence electrons. The number of carbonyl (C=O) groups is 1. The molecule has 0 aliphatic carbocycles. The lowest BCUT2D eigenvalue weighted by atomic mass is 10.2. The number of nitrogens with one attached hydrogen (secondary N) is 1. The first kappa shape index (κ1) is 18.4. The molecular formula is C19H20N6O2. The molecule has 0 fully saturated rings. The fraction of sp³-hybridized carbons (Fsp3) is 0.211. The van der Waals surface area contributed by atoms with Crippen molar-refractivity contribution in [2.24, 2.45) is 7.05 Å². The number of hydrogen-bond acceptors (Lipinski definition) is 6. The molecule has 8 heteroatoms. The smallest absolute Gasteiger partial charge is 0.270 e. The lowest BCUT2D eigenvalue weighted by Gasteiger charge is -2.11. The maximum absolute atomic E-state index is 12.5. The van der Waals surface area contributed by atoms with Crippen LogP contribution in [0.15, 0.2) is 42.9 Å². The Hall–Kier alpha value is -3.39. The van der Waals surface area contributed by atoms with Crippen molar-refractivity contribution in [3.05, 3.63) is 59.9 Å². The number of aliphatic hydroxyl groups excluding tert-OH is 1. The maximum atomic E-state index is 12.5. The van der Waals surface area contributed by atoms with Crippen LogP contribution in [0.25, 0.3) is 23.5 Å². The van der Waals surface area contributed by atoms with E-state index in [9.17, 15) is 4.79 Å². The van der Waals surface area contributed by atoms with Crippen molar-refractivity contribution >= 4 is 18.1 Å². The molecule has 3 rings (SSSR count). The summed E-state index contributed by atoms with van der Waals surface area (Å²) in [4.78, 5) is 25.6. The monoisotopic (exact) mass is 364 g/mol. The Morgan fingerprint density at radius 1 is 1.30 bits per heavy atom. The highest BCUT2D eigenvalue weighted by Gasteiger charge is 2.15. The van der Waals surface area contributed by atoms with Gasteiger partial charge in [-0.3, -0.25) is 14.5 Å². The van der Waals surface area contributed by atoms with Gasteiger partial charge in [0.1, 0.15) is 5.69 Å². The molecule has 27 heavy (non-hydrogen) atoms. The van der Waals surface area contributed by atoms with Crippen LogP contribution in [0.4, 0.5) is 0 Å². The van der Waals surface area contributed by atoms with Gasteiger partial charge in [0.2, 0.25) is 0 Å². The summed E-state index contributed by atoms with van der Waals surface area (Å²) in [6.07, 6.45) is 8.71. The van der Waals surface area contributed by atoms with Gasteiger partial charge in [0.25, 0.3) is 5.91 Å². The highest BCUT2D eigenvalue weighted by molar-refractivity contribution is 5.93. The Kier molecular flexibility index (Phi) is 5.68. The standard InChI is InChI=1S/C19H20N6O2/c1-13(12-26)22-19(27)17-9-16(7-6-15-5-3-4-8-20-15)23-18(24-17)14-10-21-25(2)11-14/h3-11,13,26H,12H2,1-2H3,(H,22,27)/b7-6+/t13-/m0/s1. The maximum Gasteiger partial charge on any atom is 0.270 e. The number of carbonyl (C=O) groups excluding carboxylic acids is 1. The largest absolute Gasteiger partial charge is 0.394 e.